The summed E-state index contributed by atoms with van der Waals surface area (Å²) < 4.78 is 5.92. The zero-order valence-corrected chi connectivity index (χ0v) is 21.6. The Morgan fingerprint density at radius 3 is 2.26 bits per heavy atom. The average molecular weight is 529 g/mol. The highest BCUT2D eigenvalue weighted by atomic mass is 79.9. The Labute approximate surface area is 212 Å². The van der Waals surface area contributed by atoms with Crippen molar-refractivity contribution in [1.82, 2.24) is 10.6 Å². The molecule has 184 valence electrons. The van der Waals surface area contributed by atoms with E-state index in [1.54, 1.807) is 0 Å². The van der Waals surface area contributed by atoms with Crippen LogP contribution in [0.4, 0.5) is 0 Å². The van der Waals surface area contributed by atoms with Crippen LogP contribution < -0.4 is 21.1 Å². The molecule has 6 nitrogen and oxygen atoms in total. The smallest absolute Gasteiger partial charge is 0.200 e. The lowest BCUT2D eigenvalue weighted by molar-refractivity contribution is 0.304. The van der Waals surface area contributed by atoms with Gasteiger partial charge in [0.15, 0.2) is 18.1 Å². The normalized spacial score (nSPS) is 16.6. The van der Waals surface area contributed by atoms with Gasteiger partial charge in [-0.25, -0.2) is 4.99 Å². The van der Waals surface area contributed by atoms with Gasteiger partial charge in [-0.2, -0.15) is 0 Å². The molecule has 0 fully saturated rings. The van der Waals surface area contributed by atoms with Gasteiger partial charge in [-0.3, -0.25) is 10.3 Å². The minimum atomic E-state index is -0.264. The van der Waals surface area contributed by atoms with Crippen molar-refractivity contribution >= 4 is 27.8 Å². The second-order valence-corrected chi connectivity index (χ2v) is 9.38. The molecular formula is C27H38BrN5O. The summed E-state index contributed by atoms with van der Waals surface area (Å²) in [7, 11) is 0. The number of alkyl halides is 1. The number of nitrogens with one attached hydrogen (secondary N) is 2. The highest BCUT2D eigenvalue weighted by Gasteiger charge is 2.18. The van der Waals surface area contributed by atoms with Crippen LogP contribution in [0, 0.1) is 0 Å². The van der Waals surface area contributed by atoms with Gasteiger partial charge >= 0.3 is 0 Å². The summed E-state index contributed by atoms with van der Waals surface area (Å²) in [6, 6.07) is 18.4. The summed E-state index contributed by atoms with van der Waals surface area (Å²) in [5.74, 6) is 1.91. The molecule has 2 aromatic rings. The summed E-state index contributed by atoms with van der Waals surface area (Å²) in [6.45, 7) is 1.43. The fourth-order valence-corrected chi connectivity index (χ4v) is 4.27. The molecule has 0 amide bonds. The molecule has 0 aliphatic carbocycles. The first-order valence-electron chi connectivity index (χ1n) is 12.5. The fourth-order valence-electron chi connectivity index (χ4n) is 3.87. The number of nitrogens with zero attached hydrogens (tertiary/aromatic N) is 2. The van der Waals surface area contributed by atoms with Gasteiger partial charge in [-0.1, -0.05) is 96.9 Å². The first kappa shape index (κ1) is 26.1. The minimum absolute atomic E-state index is 0.264. The molecule has 0 spiro atoms. The van der Waals surface area contributed by atoms with Gasteiger partial charge in [0, 0.05) is 11.9 Å². The summed E-state index contributed by atoms with van der Waals surface area (Å²) in [5, 5.41) is 7.47. The molecule has 4 N–H and O–H groups in total. The zero-order valence-electron chi connectivity index (χ0n) is 20.0. The number of guanidine groups is 2. The van der Waals surface area contributed by atoms with E-state index in [2.05, 4.69) is 48.7 Å². The zero-order chi connectivity index (χ0) is 23.8. The molecule has 3 rings (SSSR count). The van der Waals surface area contributed by atoms with Crippen LogP contribution in [0.3, 0.4) is 0 Å². The van der Waals surface area contributed by atoms with Crippen molar-refractivity contribution in [1.29, 1.82) is 0 Å². The van der Waals surface area contributed by atoms with Crippen LogP contribution in [-0.2, 0) is 6.42 Å². The minimum Gasteiger partial charge on any atom is -0.494 e. The molecule has 34 heavy (non-hydrogen) atoms. The molecule has 1 unspecified atom stereocenters. The molecule has 2 aromatic carbocycles. The number of benzene rings is 2. The van der Waals surface area contributed by atoms with Crippen molar-refractivity contribution in [2.45, 2.75) is 64.0 Å². The molecule has 0 aromatic heterocycles. The van der Waals surface area contributed by atoms with E-state index < -0.39 is 0 Å². The standard InChI is InChI=1S/C27H38BrN5O/c28-19-10-5-3-1-2-4-6-11-21-34-24-16-14-23(15-17-24)25-31-26(29)33-27(32-25)30-20-18-22-12-8-7-9-13-22/h7-9,12-17,25H,1-6,10-11,18-21H2,(H4,29,30,31,32,33). The summed E-state index contributed by atoms with van der Waals surface area (Å²) >= 11 is 3.49. The summed E-state index contributed by atoms with van der Waals surface area (Å²) in [6.07, 6.45) is 10.9. The van der Waals surface area contributed by atoms with Gasteiger partial charge in [0.1, 0.15) is 5.75 Å². The second-order valence-electron chi connectivity index (χ2n) is 8.59. The molecule has 1 heterocycles. The Morgan fingerprint density at radius 2 is 1.56 bits per heavy atom. The van der Waals surface area contributed by atoms with Crippen LogP contribution in [0.25, 0.3) is 0 Å². The third-order valence-corrected chi connectivity index (χ3v) is 6.35. The van der Waals surface area contributed by atoms with E-state index in [0.29, 0.717) is 18.5 Å². The number of unbranched alkanes of at least 4 members (excludes halogenated alkanes) is 7. The van der Waals surface area contributed by atoms with Crippen molar-refractivity contribution in [2.75, 3.05) is 18.5 Å². The number of aliphatic imine (C=N–C) groups is 2. The Bertz CT molecular complexity index is 886. The lowest BCUT2D eigenvalue weighted by atomic mass is 10.1. The third-order valence-electron chi connectivity index (χ3n) is 5.79. The summed E-state index contributed by atoms with van der Waals surface area (Å²) in [5.41, 5.74) is 8.29. The Balaban J connectivity index is 1.37. The van der Waals surface area contributed by atoms with Gasteiger partial charge in [0.05, 0.1) is 6.61 Å². The van der Waals surface area contributed by atoms with Gasteiger partial charge < -0.3 is 15.8 Å². The quantitative estimate of drug-likeness (QED) is 0.205. The molecule has 1 aliphatic heterocycles. The maximum atomic E-state index is 6.00. The van der Waals surface area contributed by atoms with E-state index in [1.165, 1.54) is 50.5 Å². The van der Waals surface area contributed by atoms with Gasteiger partial charge in [-0.05, 0) is 42.5 Å². The first-order valence-corrected chi connectivity index (χ1v) is 13.6. The molecule has 1 atom stereocenters. The third kappa shape index (κ3) is 9.75. The van der Waals surface area contributed by atoms with E-state index in [1.807, 2.05) is 42.5 Å². The van der Waals surface area contributed by atoms with Crippen molar-refractivity contribution in [2.24, 2.45) is 15.7 Å². The number of halogens is 1. The fraction of sp³-hybridized carbons (Fsp3) is 0.481. The second kappa shape index (κ2) is 15.4. The topological polar surface area (TPSA) is 84.0 Å². The van der Waals surface area contributed by atoms with E-state index in [-0.39, 0.29) is 6.17 Å². The van der Waals surface area contributed by atoms with Crippen molar-refractivity contribution in [3.05, 3.63) is 65.7 Å². The molecule has 0 radical (unpaired) electrons. The predicted molar refractivity (Wildman–Crippen MR) is 146 cm³/mol. The van der Waals surface area contributed by atoms with E-state index >= 15 is 0 Å². The van der Waals surface area contributed by atoms with Crippen LogP contribution in [0.15, 0.2) is 64.6 Å². The van der Waals surface area contributed by atoms with Crippen LogP contribution in [0.5, 0.6) is 5.75 Å². The number of hydrogen-bond donors (Lipinski definition) is 3. The lowest BCUT2D eigenvalue weighted by Crippen LogP contribution is -2.50. The average Bonchev–Trinajstić information content (AvgIpc) is 2.86. The van der Waals surface area contributed by atoms with Gasteiger partial charge in [0.25, 0.3) is 0 Å². The lowest BCUT2D eigenvalue weighted by Gasteiger charge is -2.24. The number of hydrogen-bond acceptors (Lipinski definition) is 4. The summed E-state index contributed by atoms with van der Waals surface area (Å²) in [4.78, 5) is 9.09. The molecule has 7 heteroatoms. The number of ether oxygens (including phenoxy) is 1. The molecule has 1 aliphatic rings. The molecule has 0 saturated heterocycles. The van der Waals surface area contributed by atoms with Crippen molar-refractivity contribution in [3.8, 4) is 5.75 Å². The Hall–Kier alpha value is -2.54. The van der Waals surface area contributed by atoms with Crippen LogP contribution in [0.1, 0.15) is 68.7 Å². The van der Waals surface area contributed by atoms with E-state index in [0.717, 1.165) is 36.1 Å². The number of nitrogens with two attached hydrogens (primary N) is 1. The maximum absolute atomic E-state index is 6.00. The van der Waals surface area contributed by atoms with Crippen molar-refractivity contribution < 1.29 is 4.74 Å². The Kier molecular flexibility index (Phi) is 11.8. The molecular weight excluding hydrogens is 490 g/mol. The molecule has 0 bridgehead atoms. The van der Waals surface area contributed by atoms with Gasteiger partial charge in [-0.15, -0.1) is 0 Å². The highest BCUT2D eigenvalue weighted by Crippen LogP contribution is 2.20. The Morgan fingerprint density at radius 1 is 0.882 bits per heavy atom. The largest absolute Gasteiger partial charge is 0.494 e. The maximum Gasteiger partial charge on any atom is 0.200 e. The van der Waals surface area contributed by atoms with Crippen molar-refractivity contribution in [3.63, 3.8) is 0 Å². The van der Waals surface area contributed by atoms with Crippen LogP contribution >= 0.6 is 15.9 Å². The predicted octanol–water partition coefficient (Wildman–Crippen LogP) is 5.69. The van der Waals surface area contributed by atoms with Gasteiger partial charge in [0.2, 0.25) is 0 Å². The highest BCUT2D eigenvalue weighted by molar-refractivity contribution is 9.09. The number of rotatable bonds is 15. The first-order chi connectivity index (χ1) is 16.7. The van der Waals surface area contributed by atoms with Crippen LogP contribution in [-0.4, -0.2) is 30.4 Å². The monoisotopic (exact) mass is 527 g/mol. The molecule has 0 saturated carbocycles. The van der Waals surface area contributed by atoms with E-state index in [4.69, 9.17) is 10.5 Å². The van der Waals surface area contributed by atoms with E-state index in [9.17, 15) is 0 Å². The SMILES string of the molecule is NC1=NC(c2ccc(OCCCCCCCCCCBr)cc2)NC(=NCCc2ccccc2)N1. The van der Waals surface area contributed by atoms with Crippen LogP contribution in [0.2, 0.25) is 0 Å².